The average Bonchev–Trinajstić information content (AvgIpc) is 2.89. The van der Waals surface area contributed by atoms with Crippen molar-refractivity contribution in [1.29, 1.82) is 0 Å². The molecule has 1 aromatic rings. The van der Waals surface area contributed by atoms with Crippen molar-refractivity contribution in [2.24, 2.45) is 7.05 Å². The van der Waals surface area contributed by atoms with Crippen LogP contribution in [0.1, 0.15) is 110 Å². The summed E-state index contributed by atoms with van der Waals surface area (Å²) in [5.74, 6) is 1.48. The van der Waals surface area contributed by atoms with E-state index < -0.39 is 0 Å². The molecule has 23 heavy (non-hydrogen) atoms. The molecule has 0 aliphatic rings. The van der Waals surface area contributed by atoms with E-state index in [0.717, 1.165) is 0 Å². The van der Waals surface area contributed by atoms with E-state index >= 15 is 0 Å². The summed E-state index contributed by atoms with van der Waals surface area (Å²) in [6.07, 6.45) is 22.7. The van der Waals surface area contributed by atoms with Gasteiger partial charge in [-0.1, -0.05) is 77.6 Å². The fourth-order valence-electron chi connectivity index (χ4n) is 3.43. The molecule has 1 aromatic heterocycles. The number of hydrogen-bond donors (Lipinski definition) is 0. The van der Waals surface area contributed by atoms with Crippen LogP contribution in [0.4, 0.5) is 0 Å². The lowest BCUT2D eigenvalue weighted by Crippen LogP contribution is -2.32. The molecule has 0 aromatic carbocycles. The molecule has 0 spiro atoms. The minimum atomic E-state index is 0.573. The van der Waals surface area contributed by atoms with E-state index in [0.29, 0.717) is 6.04 Å². The molecule has 0 saturated heterocycles. The highest BCUT2D eigenvalue weighted by atomic mass is 15.1. The van der Waals surface area contributed by atoms with Gasteiger partial charge in [-0.15, -0.1) is 0 Å². The molecule has 0 N–H and O–H groups in total. The molecule has 1 heterocycles. The summed E-state index contributed by atoms with van der Waals surface area (Å²) in [5, 5.41) is 0. The monoisotopic (exact) mass is 321 g/mol. The Labute approximate surface area is 145 Å². The Hall–Kier alpha value is -0.790. The highest BCUT2D eigenvalue weighted by Gasteiger charge is 2.15. The van der Waals surface area contributed by atoms with E-state index in [4.69, 9.17) is 0 Å². The molecule has 0 amide bonds. The largest absolute Gasteiger partial charge is 0.256 e. The standard InChI is InChI=1S/C21H41N2/c1-5-6-7-8-9-10-11-12-13-14-15-16-17-21-22(4)18-19-23(21)20(2)3/h18-20H,5-17H2,1-4H3/q+1. The van der Waals surface area contributed by atoms with E-state index in [2.05, 4.69) is 49.3 Å². The molecule has 2 heteroatoms. The number of unbranched alkanes of at least 4 members (excludes halogenated alkanes) is 11. The van der Waals surface area contributed by atoms with Gasteiger partial charge in [-0.25, -0.2) is 9.13 Å². The minimum absolute atomic E-state index is 0.573. The van der Waals surface area contributed by atoms with Gasteiger partial charge in [0.2, 0.25) is 0 Å². The van der Waals surface area contributed by atoms with E-state index in [1.165, 1.54) is 89.3 Å². The lowest BCUT2D eigenvalue weighted by Gasteiger charge is -2.06. The Morgan fingerprint density at radius 2 is 1.30 bits per heavy atom. The van der Waals surface area contributed by atoms with Crippen LogP contribution in [0.2, 0.25) is 0 Å². The van der Waals surface area contributed by atoms with Crippen molar-refractivity contribution in [2.75, 3.05) is 0 Å². The molecule has 0 aliphatic heterocycles. The average molecular weight is 322 g/mol. The molecule has 0 radical (unpaired) electrons. The van der Waals surface area contributed by atoms with Crippen LogP contribution in [-0.4, -0.2) is 4.57 Å². The Morgan fingerprint density at radius 1 is 0.826 bits per heavy atom. The first-order valence-corrected chi connectivity index (χ1v) is 10.2. The molecule has 2 nitrogen and oxygen atoms in total. The van der Waals surface area contributed by atoms with Crippen LogP contribution in [0.3, 0.4) is 0 Å². The third-order valence-corrected chi connectivity index (χ3v) is 4.97. The number of aromatic nitrogens is 2. The molecular weight excluding hydrogens is 280 g/mol. The van der Waals surface area contributed by atoms with Crippen molar-refractivity contribution in [2.45, 2.75) is 110 Å². The molecule has 1 rings (SSSR count). The van der Waals surface area contributed by atoms with Gasteiger partial charge in [-0.05, 0) is 20.3 Å². The van der Waals surface area contributed by atoms with Gasteiger partial charge in [-0.3, -0.25) is 0 Å². The predicted molar refractivity (Wildman–Crippen MR) is 101 cm³/mol. The van der Waals surface area contributed by atoms with Crippen molar-refractivity contribution in [3.8, 4) is 0 Å². The van der Waals surface area contributed by atoms with E-state index in [9.17, 15) is 0 Å². The third-order valence-electron chi connectivity index (χ3n) is 4.97. The first-order valence-electron chi connectivity index (χ1n) is 10.2. The number of hydrogen-bond acceptors (Lipinski definition) is 0. The molecule has 134 valence electrons. The zero-order valence-corrected chi connectivity index (χ0v) is 16.3. The van der Waals surface area contributed by atoms with Crippen molar-refractivity contribution in [3.05, 3.63) is 18.2 Å². The van der Waals surface area contributed by atoms with Gasteiger partial charge in [0.15, 0.2) is 0 Å². The molecular formula is C21H41N2+. The van der Waals surface area contributed by atoms with Crippen LogP contribution in [0.25, 0.3) is 0 Å². The lowest BCUT2D eigenvalue weighted by atomic mass is 10.0. The molecule has 0 fully saturated rings. The first kappa shape index (κ1) is 20.3. The van der Waals surface area contributed by atoms with Crippen LogP contribution < -0.4 is 4.57 Å². The Kier molecular flexibility index (Phi) is 11.1. The summed E-state index contributed by atoms with van der Waals surface area (Å²) in [4.78, 5) is 0. The van der Waals surface area contributed by atoms with E-state index in [1.54, 1.807) is 0 Å². The number of imidazole rings is 1. The van der Waals surface area contributed by atoms with Gasteiger partial charge in [0, 0.05) is 6.42 Å². The van der Waals surface area contributed by atoms with Crippen LogP contribution in [0, 0.1) is 0 Å². The molecule has 0 saturated carbocycles. The van der Waals surface area contributed by atoms with Crippen molar-refractivity contribution in [1.82, 2.24) is 4.57 Å². The maximum absolute atomic E-state index is 2.42. The third kappa shape index (κ3) is 8.58. The number of rotatable bonds is 14. The van der Waals surface area contributed by atoms with Gasteiger partial charge in [0.25, 0.3) is 5.82 Å². The highest BCUT2D eigenvalue weighted by Crippen LogP contribution is 2.14. The van der Waals surface area contributed by atoms with E-state index in [-0.39, 0.29) is 0 Å². The summed E-state index contributed by atoms with van der Waals surface area (Å²) in [5.41, 5.74) is 0. The van der Waals surface area contributed by atoms with Crippen molar-refractivity contribution >= 4 is 0 Å². The minimum Gasteiger partial charge on any atom is -0.237 e. The number of aryl methyl sites for hydroxylation is 1. The summed E-state index contributed by atoms with van der Waals surface area (Å²) in [7, 11) is 2.18. The summed E-state index contributed by atoms with van der Waals surface area (Å²) >= 11 is 0. The van der Waals surface area contributed by atoms with Gasteiger partial charge in [-0.2, -0.15) is 0 Å². The van der Waals surface area contributed by atoms with Crippen LogP contribution in [0.15, 0.2) is 12.4 Å². The topological polar surface area (TPSA) is 8.81 Å². The molecule has 0 atom stereocenters. The maximum atomic E-state index is 2.42. The second kappa shape index (κ2) is 12.6. The van der Waals surface area contributed by atoms with Crippen LogP contribution in [-0.2, 0) is 13.5 Å². The van der Waals surface area contributed by atoms with Gasteiger partial charge in [0.05, 0.1) is 13.1 Å². The maximum Gasteiger partial charge on any atom is 0.256 e. The van der Waals surface area contributed by atoms with Gasteiger partial charge < -0.3 is 0 Å². The first-order chi connectivity index (χ1) is 11.2. The normalized spacial score (nSPS) is 11.5. The Morgan fingerprint density at radius 3 is 1.78 bits per heavy atom. The SMILES string of the molecule is CCCCCCCCCCCCCCc1n(C(C)C)cc[n+]1C. The zero-order chi connectivity index (χ0) is 16.9. The Balaban J connectivity index is 1.97. The van der Waals surface area contributed by atoms with Gasteiger partial charge in [0.1, 0.15) is 12.4 Å². The molecule has 0 bridgehead atoms. The molecule has 0 aliphatic carbocycles. The predicted octanol–water partition coefficient (Wildman–Crippen LogP) is 6.14. The Bertz CT molecular complexity index is 393. The van der Waals surface area contributed by atoms with Crippen molar-refractivity contribution in [3.63, 3.8) is 0 Å². The summed E-state index contributed by atoms with van der Waals surface area (Å²) in [6, 6.07) is 0.573. The van der Waals surface area contributed by atoms with E-state index in [1.807, 2.05) is 0 Å². The second-order valence-electron chi connectivity index (χ2n) is 7.47. The fourth-order valence-corrected chi connectivity index (χ4v) is 3.43. The highest BCUT2D eigenvalue weighted by molar-refractivity contribution is 4.86. The molecule has 0 unspecified atom stereocenters. The van der Waals surface area contributed by atoms with Crippen LogP contribution >= 0.6 is 0 Å². The lowest BCUT2D eigenvalue weighted by molar-refractivity contribution is -0.679. The quantitative estimate of drug-likeness (QED) is 0.287. The zero-order valence-electron chi connectivity index (χ0n) is 16.3. The second-order valence-corrected chi connectivity index (χ2v) is 7.47. The van der Waals surface area contributed by atoms with Gasteiger partial charge >= 0.3 is 0 Å². The smallest absolute Gasteiger partial charge is 0.237 e. The van der Waals surface area contributed by atoms with Crippen molar-refractivity contribution < 1.29 is 4.57 Å². The summed E-state index contributed by atoms with van der Waals surface area (Å²) < 4.78 is 4.71. The summed E-state index contributed by atoms with van der Waals surface area (Å²) in [6.45, 7) is 6.83. The van der Waals surface area contributed by atoms with Crippen LogP contribution in [0.5, 0.6) is 0 Å². The number of nitrogens with zero attached hydrogens (tertiary/aromatic N) is 2. The fraction of sp³-hybridized carbons (Fsp3) is 0.857.